The van der Waals surface area contributed by atoms with Crippen molar-refractivity contribution in [2.75, 3.05) is 0 Å². The first-order valence-corrected chi connectivity index (χ1v) is 5.79. The molecule has 0 aliphatic heterocycles. The third-order valence-electron chi connectivity index (χ3n) is 2.75. The summed E-state index contributed by atoms with van der Waals surface area (Å²) in [6.07, 6.45) is 2.60. The van der Waals surface area contributed by atoms with Gasteiger partial charge in [0.05, 0.1) is 0 Å². The van der Waals surface area contributed by atoms with E-state index >= 15 is 0 Å². The van der Waals surface area contributed by atoms with Crippen LogP contribution in [0.4, 0.5) is 0 Å². The summed E-state index contributed by atoms with van der Waals surface area (Å²) in [5.41, 5.74) is 3.02. The normalized spacial score (nSPS) is 27.2. The van der Waals surface area contributed by atoms with Crippen LogP contribution < -0.4 is 0 Å². The van der Waals surface area contributed by atoms with Crippen molar-refractivity contribution in [3.05, 3.63) is 35.4 Å². The summed E-state index contributed by atoms with van der Waals surface area (Å²) in [6.45, 7) is 2.28. The molecule has 0 aromatic heterocycles. The maximum Gasteiger partial charge on any atom is 0.0365 e. The highest BCUT2D eigenvalue weighted by atomic mass is 127. The second kappa shape index (κ2) is 3.36. The lowest BCUT2D eigenvalue weighted by Gasteiger charge is -2.13. The monoisotopic (exact) mass is 272 g/mol. The highest BCUT2D eigenvalue weighted by Gasteiger charge is 2.19. The van der Waals surface area contributed by atoms with Crippen LogP contribution in [-0.4, -0.2) is 0 Å². The lowest BCUT2D eigenvalue weighted by molar-refractivity contribution is 0.619. The van der Waals surface area contributed by atoms with E-state index in [0.29, 0.717) is 0 Å². The molecule has 1 heteroatoms. The van der Waals surface area contributed by atoms with Crippen molar-refractivity contribution in [2.45, 2.75) is 29.6 Å². The summed E-state index contributed by atoms with van der Waals surface area (Å²) in [5.74, 6) is 0.791. The Morgan fingerprint density at radius 3 is 2.42 bits per heavy atom. The van der Waals surface area contributed by atoms with Crippen LogP contribution >= 0.6 is 22.6 Å². The van der Waals surface area contributed by atoms with Gasteiger partial charge >= 0.3 is 0 Å². The van der Waals surface area contributed by atoms with Gasteiger partial charge in [-0.1, -0.05) is 53.8 Å². The van der Waals surface area contributed by atoms with E-state index in [4.69, 9.17) is 0 Å². The second-order valence-electron chi connectivity index (χ2n) is 3.48. The minimum Gasteiger partial charge on any atom is -0.0774 e. The summed E-state index contributed by atoms with van der Waals surface area (Å²) in [4.78, 5) is 0. The average Bonchev–Trinajstić information content (AvgIpc) is 2.36. The summed E-state index contributed by atoms with van der Waals surface area (Å²) < 4.78 is 0.722. The lowest BCUT2D eigenvalue weighted by atomic mass is 9.95. The maximum absolute atomic E-state index is 2.56. The number of benzene rings is 1. The lowest BCUT2D eigenvalue weighted by Crippen LogP contribution is -1.95. The smallest absolute Gasteiger partial charge is 0.0365 e. The van der Waals surface area contributed by atoms with Gasteiger partial charge in [0.15, 0.2) is 0 Å². The molecule has 0 spiro atoms. The van der Waals surface area contributed by atoms with E-state index in [-0.39, 0.29) is 0 Å². The van der Waals surface area contributed by atoms with E-state index in [9.17, 15) is 0 Å². The number of hydrogen-bond acceptors (Lipinski definition) is 0. The number of halogens is 1. The molecule has 2 aliphatic carbocycles. The minimum atomic E-state index is 0.722. The fourth-order valence-electron chi connectivity index (χ4n) is 1.90. The third-order valence-corrected chi connectivity index (χ3v) is 3.98. The van der Waals surface area contributed by atoms with Crippen LogP contribution in [0.1, 0.15) is 40.7 Å². The van der Waals surface area contributed by atoms with Crippen molar-refractivity contribution < 1.29 is 0 Å². The van der Waals surface area contributed by atoms with E-state index in [2.05, 4.69) is 53.8 Å². The number of fused-ring (bicyclic) bond motifs is 4. The number of rotatable bonds is 1. The minimum absolute atomic E-state index is 0.722. The Hall–Kier alpha value is -0.0500. The Balaban J connectivity index is 2.40. The van der Waals surface area contributed by atoms with E-state index in [1.165, 1.54) is 24.0 Å². The Kier molecular flexibility index (Phi) is 2.40. The van der Waals surface area contributed by atoms with Crippen LogP contribution in [0.15, 0.2) is 24.3 Å². The molecule has 0 amide bonds. The van der Waals surface area contributed by atoms with E-state index in [0.717, 1.165) is 9.84 Å². The summed E-state index contributed by atoms with van der Waals surface area (Å²) in [6, 6.07) is 9.15. The van der Waals surface area contributed by atoms with E-state index < -0.39 is 0 Å². The van der Waals surface area contributed by atoms with Crippen LogP contribution in [0.25, 0.3) is 0 Å². The summed E-state index contributed by atoms with van der Waals surface area (Å²) in [5, 5.41) is 0. The van der Waals surface area contributed by atoms with E-state index in [1.54, 1.807) is 0 Å². The van der Waals surface area contributed by atoms with Gasteiger partial charge in [0.1, 0.15) is 0 Å². The molecule has 0 radical (unpaired) electrons. The molecule has 0 heterocycles. The quantitative estimate of drug-likeness (QED) is 0.534. The first-order chi connectivity index (χ1) is 5.81. The van der Waals surface area contributed by atoms with Gasteiger partial charge in [-0.05, 0) is 29.9 Å². The van der Waals surface area contributed by atoms with Crippen molar-refractivity contribution >= 4 is 22.6 Å². The van der Waals surface area contributed by atoms with Crippen molar-refractivity contribution in [3.8, 4) is 0 Å². The third kappa shape index (κ3) is 1.39. The van der Waals surface area contributed by atoms with Gasteiger partial charge in [0.25, 0.3) is 0 Å². The fourth-order valence-corrected chi connectivity index (χ4v) is 2.93. The Bertz CT molecular complexity index is 263. The van der Waals surface area contributed by atoms with E-state index in [1.807, 2.05) is 0 Å². The predicted molar refractivity (Wildman–Crippen MR) is 60.9 cm³/mol. The molecule has 0 saturated heterocycles. The molecule has 0 nitrogen and oxygen atoms in total. The number of hydrogen-bond donors (Lipinski definition) is 0. The molecule has 3 rings (SSSR count). The Morgan fingerprint density at radius 1 is 1.25 bits per heavy atom. The summed E-state index contributed by atoms with van der Waals surface area (Å²) in [7, 11) is 0. The molecule has 1 aromatic carbocycles. The van der Waals surface area contributed by atoms with Crippen LogP contribution in [-0.2, 0) is 0 Å². The maximum atomic E-state index is 2.56. The van der Waals surface area contributed by atoms with Crippen LogP contribution in [0.5, 0.6) is 0 Å². The Labute approximate surface area is 87.5 Å². The van der Waals surface area contributed by atoms with Crippen LogP contribution in [0.3, 0.4) is 0 Å². The molecule has 2 unspecified atom stereocenters. The molecule has 0 N–H and O–H groups in total. The molecule has 1 aromatic rings. The molecule has 2 aliphatic rings. The van der Waals surface area contributed by atoms with Crippen LogP contribution in [0.2, 0.25) is 0 Å². The molecule has 2 bridgehead atoms. The van der Waals surface area contributed by atoms with Gasteiger partial charge in [0, 0.05) is 3.92 Å². The second-order valence-corrected chi connectivity index (χ2v) is 4.98. The molecular weight excluding hydrogens is 259 g/mol. The first kappa shape index (κ1) is 8.54. The zero-order valence-corrected chi connectivity index (χ0v) is 9.41. The van der Waals surface area contributed by atoms with Crippen molar-refractivity contribution in [1.29, 1.82) is 0 Å². The SMILES string of the molecule is CCC1CC(I)c2ccc1cc2. The Morgan fingerprint density at radius 2 is 1.83 bits per heavy atom. The summed E-state index contributed by atoms with van der Waals surface area (Å²) >= 11 is 2.56. The highest BCUT2D eigenvalue weighted by Crippen LogP contribution is 2.40. The fraction of sp³-hybridized carbons (Fsp3) is 0.455. The van der Waals surface area contributed by atoms with Crippen molar-refractivity contribution in [1.82, 2.24) is 0 Å². The molecule has 12 heavy (non-hydrogen) atoms. The number of alkyl halides is 1. The van der Waals surface area contributed by atoms with Gasteiger partial charge in [-0.25, -0.2) is 0 Å². The standard InChI is InChI=1S/C11H13I/c1-2-8-7-11(12)10-5-3-9(8)4-6-10/h3-6,8,11H,2,7H2,1H3. The van der Waals surface area contributed by atoms with Crippen molar-refractivity contribution in [2.24, 2.45) is 0 Å². The largest absolute Gasteiger partial charge is 0.0774 e. The van der Waals surface area contributed by atoms with Gasteiger partial charge in [-0.2, -0.15) is 0 Å². The topological polar surface area (TPSA) is 0 Å². The molecule has 0 saturated carbocycles. The van der Waals surface area contributed by atoms with Gasteiger partial charge in [0.2, 0.25) is 0 Å². The van der Waals surface area contributed by atoms with Gasteiger partial charge in [-0.15, -0.1) is 0 Å². The average molecular weight is 272 g/mol. The van der Waals surface area contributed by atoms with Crippen LogP contribution in [0, 0.1) is 0 Å². The molecule has 64 valence electrons. The highest BCUT2D eigenvalue weighted by molar-refractivity contribution is 14.1. The zero-order valence-electron chi connectivity index (χ0n) is 7.26. The molecule has 2 atom stereocenters. The van der Waals surface area contributed by atoms with Gasteiger partial charge in [-0.3, -0.25) is 0 Å². The molecular formula is C11H13I. The zero-order chi connectivity index (χ0) is 8.55. The molecule has 0 fully saturated rings. The van der Waals surface area contributed by atoms with Gasteiger partial charge < -0.3 is 0 Å². The first-order valence-electron chi connectivity index (χ1n) is 4.55. The predicted octanol–water partition coefficient (Wildman–Crippen LogP) is 4.06. The van der Waals surface area contributed by atoms with Crippen molar-refractivity contribution in [3.63, 3.8) is 0 Å².